The molecule has 1 saturated carbocycles. The number of likely N-dealkylation sites (tertiary alicyclic amines) is 1. The smallest absolute Gasteiger partial charge is 0.257 e. The molecule has 0 unspecified atom stereocenters. The van der Waals surface area contributed by atoms with Crippen molar-refractivity contribution in [3.05, 3.63) is 53.9 Å². The molecule has 3 heterocycles. The van der Waals surface area contributed by atoms with Crippen molar-refractivity contribution in [1.82, 2.24) is 19.6 Å². The highest BCUT2D eigenvalue weighted by Gasteiger charge is 2.57. The van der Waals surface area contributed by atoms with Crippen LogP contribution in [0.1, 0.15) is 36.4 Å². The highest BCUT2D eigenvalue weighted by atomic mass is 16.5. The molecule has 1 spiro atoms. The van der Waals surface area contributed by atoms with Crippen LogP contribution in [-0.4, -0.2) is 70.4 Å². The lowest BCUT2D eigenvalue weighted by Crippen LogP contribution is -2.61. The molecule has 0 radical (unpaired) electrons. The lowest BCUT2D eigenvalue weighted by molar-refractivity contribution is -0.173. The van der Waals surface area contributed by atoms with Gasteiger partial charge in [0.1, 0.15) is 0 Å². The van der Waals surface area contributed by atoms with Crippen molar-refractivity contribution in [2.45, 2.75) is 37.2 Å². The van der Waals surface area contributed by atoms with E-state index in [1.165, 1.54) is 24.8 Å². The zero-order chi connectivity index (χ0) is 20.6. The number of carbonyl (C=O) groups excluding carboxylic acids is 1. The Labute approximate surface area is 178 Å². The Morgan fingerprint density at radius 3 is 2.73 bits per heavy atom. The topological polar surface area (TPSA) is 50.6 Å². The number of benzene rings is 1. The van der Waals surface area contributed by atoms with Gasteiger partial charge < -0.3 is 9.64 Å². The van der Waals surface area contributed by atoms with Crippen LogP contribution in [0, 0.1) is 5.92 Å². The van der Waals surface area contributed by atoms with Crippen LogP contribution in [0.5, 0.6) is 0 Å². The van der Waals surface area contributed by atoms with E-state index in [-0.39, 0.29) is 11.8 Å². The second-order valence-corrected chi connectivity index (χ2v) is 9.19. The maximum atomic E-state index is 13.8. The molecule has 2 atom stereocenters. The Morgan fingerprint density at radius 1 is 1.20 bits per heavy atom. The van der Waals surface area contributed by atoms with Gasteiger partial charge in [-0.05, 0) is 36.8 Å². The number of rotatable bonds is 6. The molecular formula is C24H32N4O2. The molecule has 6 nitrogen and oxygen atoms in total. The van der Waals surface area contributed by atoms with E-state index < -0.39 is 5.60 Å². The number of aromatic nitrogens is 2. The van der Waals surface area contributed by atoms with E-state index in [1.54, 1.807) is 0 Å². The van der Waals surface area contributed by atoms with E-state index in [0.29, 0.717) is 19.1 Å². The van der Waals surface area contributed by atoms with Crippen LogP contribution in [0.3, 0.4) is 0 Å². The summed E-state index contributed by atoms with van der Waals surface area (Å²) in [5.74, 6) is 0.876. The molecule has 6 heteroatoms. The Morgan fingerprint density at radius 2 is 2.03 bits per heavy atom. The fourth-order valence-corrected chi connectivity index (χ4v) is 5.37. The summed E-state index contributed by atoms with van der Waals surface area (Å²) in [6.45, 7) is 4.66. The molecule has 1 aliphatic carbocycles. The molecule has 1 aromatic heterocycles. The Hall–Kier alpha value is -2.18. The molecule has 30 heavy (non-hydrogen) atoms. The predicted octanol–water partition coefficient (Wildman–Crippen LogP) is 2.46. The summed E-state index contributed by atoms with van der Waals surface area (Å²) in [4.78, 5) is 18.3. The molecule has 2 aromatic rings. The van der Waals surface area contributed by atoms with E-state index in [1.807, 2.05) is 17.9 Å². The van der Waals surface area contributed by atoms with Crippen molar-refractivity contribution < 1.29 is 9.53 Å². The monoisotopic (exact) mass is 408 g/mol. The minimum Gasteiger partial charge on any atom is -0.361 e. The molecule has 3 aliphatic rings. The quantitative estimate of drug-likeness (QED) is 0.737. The first-order valence-electron chi connectivity index (χ1n) is 11.3. The van der Waals surface area contributed by atoms with E-state index in [0.717, 1.165) is 38.3 Å². The van der Waals surface area contributed by atoms with Crippen molar-refractivity contribution in [1.29, 1.82) is 0 Å². The van der Waals surface area contributed by atoms with Crippen LogP contribution >= 0.6 is 0 Å². The van der Waals surface area contributed by atoms with Crippen molar-refractivity contribution in [3.63, 3.8) is 0 Å². The number of hydrogen-bond acceptors (Lipinski definition) is 4. The Balaban J connectivity index is 1.38. The van der Waals surface area contributed by atoms with Gasteiger partial charge in [0.2, 0.25) is 0 Å². The summed E-state index contributed by atoms with van der Waals surface area (Å²) >= 11 is 0. The SMILES string of the molecule is Cn1nccc1[C@@H]1CN(CCc2ccccc2)C[C@]12OCCN(CC1CCC1)C2=O. The summed E-state index contributed by atoms with van der Waals surface area (Å²) in [6, 6.07) is 12.6. The molecular weight excluding hydrogens is 376 g/mol. The Kier molecular flexibility index (Phi) is 5.37. The van der Waals surface area contributed by atoms with Crippen molar-refractivity contribution in [3.8, 4) is 0 Å². The van der Waals surface area contributed by atoms with Gasteiger partial charge in [0.05, 0.1) is 12.5 Å². The van der Waals surface area contributed by atoms with Gasteiger partial charge in [-0.2, -0.15) is 5.10 Å². The maximum Gasteiger partial charge on any atom is 0.257 e. The number of ether oxygens (including phenoxy) is 1. The van der Waals surface area contributed by atoms with Gasteiger partial charge in [-0.1, -0.05) is 36.8 Å². The van der Waals surface area contributed by atoms with Gasteiger partial charge in [0, 0.05) is 51.7 Å². The molecule has 2 saturated heterocycles. The van der Waals surface area contributed by atoms with Crippen LogP contribution in [0.2, 0.25) is 0 Å². The number of nitrogens with zero attached hydrogens (tertiary/aromatic N) is 4. The zero-order valence-electron chi connectivity index (χ0n) is 17.9. The third-order valence-electron chi connectivity index (χ3n) is 7.31. The normalized spacial score (nSPS) is 27.7. The zero-order valence-corrected chi connectivity index (χ0v) is 17.9. The minimum atomic E-state index is -0.785. The van der Waals surface area contributed by atoms with E-state index in [4.69, 9.17) is 4.74 Å². The van der Waals surface area contributed by atoms with Gasteiger partial charge >= 0.3 is 0 Å². The minimum absolute atomic E-state index is 0.0115. The second-order valence-electron chi connectivity index (χ2n) is 9.19. The van der Waals surface area contributed by atoms with Crippen LogP contribution in [0.4, 0.5) is 0 Å². The standard InChI is InChI=1S/C24H32N4O2/c1-26-22(10-12-25-26)21-17-27(13-11-19-6-3-2-4-7-19)18-24(21)23(29)28(14-15-30-24)16-20-8-5-9-20/h2-4,6-7,10,12,20-21H,5,8-9,11,13-18H2,1H3/t21-,24-/m0/s1. The summed E-state index contributed by atoms with van der Waals surface area (Å²) in [5, 5.41) is 4.39. The van der Waals surface area contributed by atoms with Crippen molar-refractivity contribution in [2.24, 2.45) is 13.0 Å². The maximum absolute atomic E-state index is 13.8. The molecule has 1 amide bonds. The number of aryl methyl sites for hydroxylation is 1. The first-order chi connectivity index (χ1) is 14.7. The number of morpholine rings is 1. The van der Waals surface area contributed by atoms with Crippen LogP contribution in [-0.2, 0) is 23.0 Å². The van der Waals surface area contributed by atoms with Gasteiger partial charge in [-0.3, -0.25) is 14.4 Å². The highest BCUT2D eigenvalue weighted by Crippen LogP contribution is 2.42. The summed E-state index contributed by atoms with van der Waals surface area (Å²) in [7, 11) is 1.97. The van der Waals surface area contributed by atoms with Crippen molar-refractivity contribution >= 4 is 5.91 Å². The van der Waals surface area contributed by atoms with Gasteiger partial charge in [-0.25, -0.2) is 0 Å². The second kappa shape index (κ2) is 8.16. The fraction of sp³-hybridized carbons (Fsp3) is 0.583. The van der Waals surface area contributed by atoms with Crippen molar-refractivity contribution in [2.75, 3.05) is 39.3 Å². The molecule has 5 rings (SSSR count). The van der Waals surface area contributed by atoms with E-state index in [9.17, 15) is 4.79 Å². The summed E-state index contributed by atoms with van der Waals surface area (Å²) in [6.07, 6.45) is 6.63. The molecule has 160 valence electrons. The molecule has 1 aromatic carbocycles. The van der Waals surface area contributed by atoms with Crippen LogP contribution in [0.25, 0.3) is 0 Å². The highest BCUT2D eigenvalue weighted by molar-refractivity contribution is 5.88. The first kappa shape index (κ1) is 19.8. The lowest BCUT2D eigenvalue weighted by Gasteiger charge is -2.44. The van der Waals surface area contributed by atoms with E-state index in [2.05, 4.69) is 51.3 Å². The van der Waals surface area contributed by atoms with Gasteiger partial charge in [-0.15, -0.1) is 0 Å². The third-order valence-corrected chi connectivity index (χ3v) is 7.31. The first-order valence-corrected chi connectivity index (χ1v) is 11.3. The lowest BCUT2D eigenvalue weighted by atomic mass is 9.82. The largest absolute Gasteiger partial charge is 0.361 e. The van der Waals surface area contributed by atoms with E-state index >= 15 is 0 Å². The molecule has 3 fully saturated rings. The van der Waals surface area contributed by atoms with Crippen LogP contribution < -0.4 is 0 Å². The average molecular weight is 409 g/mol. The number of carbonyl (C=O) groups is 1. The van der Waals surface area contributed by atoms with Crippen LogP contribution in [0.15, 0.2) is 42.6 Å². The fourth-order valence-electron chi connectivity index (χ4n) is 5.37. The Bertz CT molecular complexity index is 878. The number of amides is 1. The summed E-state index contributed by atoms with van der Waals surface area (Å²) < 4.78 is 8.31. The van der Waals surface area contributed by atoms with Gasteiger partial charge in [0.25, 0.3) is 5.91 Å². The third kappa shape index (κ3) is 3.56. The molecule has 0 N–H and O–H groups in total. The summed E-state index contributed by atoms with van der Waals surface area (Å²) in [5.41, 5.74) is 1.64. The average Bonchev–Trinajstić information content (AvgIpc) is 3.31. The number of hydrogen-bond donors (Lipinski definition) is 0. The van der Waals surface area contributed by atoms with Gasteiger partial charge in [0.15, 0.2) is 5.60 Å². The predicted molar refractivity (Wildman–Crippen MR) is 115 cm³/mol. The molecule has 0 bridgehead atoms. The molecule has 2 aliphatic heterocycles.